The summed E-state index contributed by atoms with van der Waals surface area (Å²) in [6.45, 7) is 0. The summed E-state index contributed by atoms with van der Waals surface area (Å²) in [6.07, 6.45) is 0. The van der Waals surface area contributed by atoms with Gasteiger partial charge in [0.25, 0.3) is 5.69 Å². The van der Waals surface area contributed by atoms with E-state index in [0.29, 0.717) is 22.8 Å². The van der Waals surface area contributed by atoms with Crippen molar-refractivity contribution in [3.05, 3.63) is 82.9 Å². The molecule has 0 aromatic heterocycles. The van der Waals surface area contributed by atoms with Crippen molar-refractivity contribution in [2.75, 3.05) is 21.6 Å². The minimum atomic E-state index is -3.44. The van der Waals surface area contributed by atoms with Crippen molar-refractivity contribution in [1.29, 1.82) is 0 Å². The lowest BCUT2D eigenvalue weighted by Crippen LogP contribution is -2.04. The lowest BCUT2D eigenvalue weighted by atomic mass is 10.2. The second kappa shape index (κ2) is 7.89. The van der Waals surface area contributed by atoms with Gasteiger partial charge >= 0.3 is 7.67 Å². The third kappa shape index (κ3) is 4.33. The van der Waals surface area contributed by atoms with Gasteiger partial charge in [-0.15, -0.1) is 0 Å². The summed E-state index contributed by atoms with van der Waals surface area (Å²) in [5.41, 5.74) is 12.5. The third-order valence-electron chi connectivity index (χ3n) is 3.74. The first-order chi connectivity index (χ1) is 13.4. The Morgan fingerprint density at radius 2 is 1.46 bits per heavy atom. The van der Waals surface area contributed by atoms with E-state index in [4.69, 9.17) is 16.0 Å². The number of nitrogens with two attached hydrogens (primary N) is 2. The molecule has 3 aromatic rings. The number of nitrogen functional groups attached to an aromatic ring is 2. The number of nitro groups is 1. The quantitative estimate of drug-likeness (QED) is 0.218. The van der Waals surface area contributed by atoms with Gasteiger partial charge < -0.3 is 16.0 Å². The Balaban J connectivity index is 0.000000236. The largest absolute Gasteiger partial charge is 0.444 e. The van der Waals surface area contributed by atoms with Crippen LogP contribution in [-0.2, 0) is 4.57 Å². The number of nitro benzene ring substituents is 1. The van der Waals surface area contributed by atoms with E-state index >= 15 is 0 Å². The number of fused-ring (bicyclic) bond motifs is 1. The smallest absolute Gasteiger partial charge is 0.414 e. The van der Waals surface area contributed by atoms with E-state index in [1.54, 1.807) is 48.5 Å². The normalized spacial score (nSPS) is 16.6. The number of hydrogen-bond donors (Lipinski definition) is 4. The summed E-state index contributed by atoms with van der Waals surface area (Å²) >= 11 is 0. The SMILES string of the molecule is Nc1ccccc1N.O=[N+]([O-])c1cccc2c1NP(=O)(Oc1ccccc1)N2. The first-order valence-electron chi connectivity index (χ1n) is 8.16. The van der Waals surface area contributed by atoms with Crippen LogP contribution in [0.25, 0.3) is 0 Å². The van der Waals surface area contributed by atoms with Gasteiger partial charge in [-0.25, -0.2) is 4.57 Å². The Kier molecular flexibility index (Phi) is 5.37. The van der Waals surface area contributed by atoms with Gasteiger partial charge in [0.05, 0.1) is 22.0 Å². The molecule has 1 aliphatic rings. The maximum atomic E-state index is 12.5. The van der Waals surface area contributed by atoms with Crippen LogP contribution in [0, 0.1) is 10.1 Å². The average Bonchev–Trinajstić information content (AvgIpc) is 3.01. The molecule has 0 spiro atoms. The fraction of sp³-hybridized carbons (Fsp3) is 0. The zero-order chi connectivity index (χ0) is 20.1. The van der Waals surface area contributed by atoms with Crippen molar-refractivity contribution in [2.24, 2.45) is 0 Å². The highest BCUT2D eigenvalue weighted by Crippen LogP contribution is 2.57. The molecule has 0 radical (unpaired) electrons. The first kappa shape index (κ1) is 19.1. The van der Waals surface area contributed by atoms with Crippen LogP contribution in [0.3, 0.4) is 0 Å². The Morgan fingerprint density at radius 1 is 0.857 bits per heavy atom. The zero-order valence-electron chi connectivity index (χ0n) is 14.6. The van der Waals surface area contributed by atoms with Crippen molar-refractivity contribution in [1.82, 2.24) is 0 Å². The highest BCUT2D eigenvalue weighted by molar-refractivity contribution is 7.63. The Labute approximate surface area is 161 Å². The van der Waals surface area contributed by atoms with E-state index < -0.39 is 12.6 Å². The van der Waals surface area contributed by atoms with Gasteiger partial charge in [-0.2, -0.15) is 0 Å². The minimum absolute atomic E-state index is 0.149. The number of benzene rings is 3. The molecule has 0 fully saturated rings. The van der Waals surface area contributed by atoms with Gasteiger partial charge in [0, 0.05) is 6.07 Å². The summed E-state index contributed by atoms with van der Waals surface area (Å²) < 4.78 is 17.9. The standard InChI is InChI=1S/C12H10N3O4P.C6H8N2/c16-15(17)11-8-4-7-10-12(11)14-20(18,13-10)19-9-5-2-1-3-6-9;7-5-3-1-2-4-6(5)8/h1-8H,(H2,13,14,18);1-4H,7-8H2. The molecule has 1 aliphatic heterocycles. The number of nitrogens with zero attached hydrogens (tertiary/aromatic N) is 1. The Hall–Kier alpha value is -3.71. The molecule has 9 nitrogen and oxygen atoms in total. The maximum Gasteiger partial charge on any atom is 0.444 e. The van der Waals surface area contributed by atoms with E-state index in [-0.39, 0.29) is 11.4 Å². The molecule has 144 valence electrons. The van der Waals surface area contributed by atoms with E-state index in [9.17, 15) is 14.7 Å². The van der Waals surface area contributed by atoms with Crippen LogP contribution < -0.4 is 26.2 Å². The van der Waals surface area contributed by atoms with Crippen molar-refractivity contribution in [3.63, 3.8) is 0 Å². The summed E-state index contributed by atoms with van der Waals surface area (Å²) in [4.78, 5) is 10.4. The molecule has 3 aromatic carbocycles. The molecule has 1 heterocycles. The average molecular weight is 399 g/mol. The number of para-hydroxylation sites is 4. The maximum absolute atomic E-state index is 12.5. The van der Waals surface area contributed by atoms with Gasteiger partial charge in [-0.05, 0) is 30.3 Å². The van der Waals surface area contributed by atoms with Gasteiger partial charge in [0.2, 0.25) is 0 Å². The first-order valence-corrected chi connectivity index (χ1v) is 9.79. The van der Waals surface area contributed by atoms with E-state index in [1.165, 1.54) is 12.1 Å². The van der Waals surface area contributed by atoms with Crippen molar-refractivity contribution in [3.8, 4) is 5.75 Å². The van der Waals surface area contributed by atoms with Crippen LogP contribution >= 0.6 is 7.67 Å². The topological polar surface area (TPSA) is 146 Å². The molecular formula is C18H18N5O4P. The molecule has 4 rings (SSSR count). The van der Waals surface area contributed by atoms with Crippen molar-refractivity contribution < 1.29 is 14.0 Å². The molecule has 0 saturated heterocycles. The third-order valence-corrected chi connectivity index (χ3v) is 5.26. The second-order valence-corrected chi connectivity index (χ2v) is 7.50. The summed E-state index contributed by atoms with van der Waals surface area (Å²) in [7, 11) is -3.44. The lowest BCUT2D eigenvalue weighted by Gasteiger charge is -2.13. The van der Waals surface area contributed by atoms with Crippen LogP contribution in [0.5, 0.6) is 5.75 Å². The van der Waals surface area contributed by atoms with Gasteiger partial charge in [0.15, 0.2) is 0 Å². The molecule has 1 atom stereocenters. The van der Waals surface area contributed by atoms with Crippen molar-refractivity contribution in [2.45, 2.75) is 0 Å². The van der Waals surface area contributed by atoms with Gasteiger partial charge in [-0.3, -0.25) is 20.3 Å². The highest BCUT2D eigenvalue weighted by atomic mass is 31.2. The summed E-state index contributed by atoms with van der Waals surface area (Å²) in [5, 5.41) is 16.2. The number of nitrogens with one attached hydrogen (secondary N) is 2. The van der Waals surface area contributed by atoms with Crippen LogP contribution in [0.15, 0.2) is 72.8 Å². The second-order valence-electron chi connectivity index (χ2n) is 5.77. The Morgan fingerprint density at radius 3 is 2.04 bits per heavy atom. The van der Waals surface area contributed by atoms with Crippen LogP contribution in [0.1, 0.15) is 0 Å². The molecule has 10 heteroatoms. The number of anilines is 4. The van der Waals surface area contributed by atoms with Crippen molar-refractivity contribution >= 4 is 36.1 Å². The summed E-state index contributed by atoms with van der Waals surface area (Å²) in [5.74, 6) is 0.409. The molecule has 0 amide bonds. The van der Waals surface area contributed by atoms with Crippen LogP contribution in [0.4, 0.5) is 28.4 Å². The molecule has 0 aliphatic carbocycles. The molecular weight excluding hydrogens is 381 g/mol. The molecule has 1 unspecified atom stereocenters. The van der Waals surface area contributed by atoms with E-state index in [0.717, 1.165) is 0 Å². The molecule has 0 saturated carbocycles. The van der Waals surface area contributed by atoms with E-state index in [2.05, 4.69) is 10.2 Å². The fourth-order valence-corrected chi connectivity index (χ4v) is 4.02. The van der Waals surface area contributed by atoms with Gasteiger partial charge in [-0.1, -0.05) is 36.4 Å². The Bertz CT molecular complexity index is 1020. The highest BCUT2D eigenvalue weighted by Gasteiger charge is 2.37. The van der Waals surface area contributed by atoms with E-state index in [1.807, 2.05) is 12.1 Å². The lowest BCUT2D eigenvalue weighted by molar-refractivity contribution is -0.383. The van der Waals surface area contributed by atoms with Crippen LogP contribution in [-0.4, -0.2) is 4.92 Å². The minimum Gasteiger partial charge on any atom is -0.414 e. The predicted molar refractivity (Wildman–Crippen MR) is 110 cm³/mol. The molecule has 0 bridgehead atoms. The number of hydrogen-bond acceptors (Lipinski definition) is 6. The predicted octanol–water partition coefficient (Wildman–Crippen LogP) is 4.47. The zero-order valence-corrected chi connectivity index (χ0v) is 15.5. The number of rotatable bonds is 3. The van der Waals surface area contributed by atoms with Crippen LogP contribution in [0.2, 0.25) is 0 Å². The fourth-order valence-electron chi connectivity index (χ4n) is 2.42. The monoisotopic (exact) mass is 399 g/mol. The summed E-state index contributed by atoms with van der Waals surface area (Å²) in [6, 6.07) is 20.3. The van der Waals surface area contributed by atoms with Gasteiger partial charge in [0.1, 0.15) is 11.4 Å². The molecule has 6 N–H and O–H groups in total. The molecule has 28 heavy (non-hydrogen) atoms.